The number of carbonyl (C=O) groups is 1. The average molecular weight is 414 g/mol. The zero-order chi connectivity index (χ0) is 17.9. The van der Waals surface area contributed by atoms with Gasteiger partial charge < -0.3 is 15.0 Å². The van der Waals surface area contributed by atoms with E-state index in [9.17, 15) is 4.79 Å². The van der Waals surface area contributed by atoms with Gasteiger partial charge in [0.2, 0.25) is 5.91 Å². The monoisotopic (exact) mass is 413 g/mol. The van der Waals surface area contributed by atoms with Gasteiger partial charge in [0.25, 0.3) is 0 Å². The van der Waals surface area contributed by atoms with E-state index in [4.69, 9.17) is 16.3 Å². The summed E-state index contributed by atoms with van der Waals surface area (Å²) >= 11 is 6.19. The quantitative estimate of drug-likeness (QED) is 0.827. The first-order valence-corrected chi connectivity index (χ1v) is 10.2. The van der Waals surface area contributed by atoms with E-state index in [2.05, 4.69) is 21.2 Å². The Morgan fingerprint density at radius 1 is 1.26 bits per heavy atom. The van der Waals surface area contributed by atoms with Gasteiger partial charge in [-0.3, -0.25) is 9.69 Å². The molecule has 3 unspecified atom stereocenters. The summed E-state index contributed by atoms with van der Waals surface area (Å²) in [6.45, 7) is 4.52. The Morgan fingerprint density at radius 2 is 2.11 bits per heavy atom. The van der Waals surface area contributed by atoms with Crippen LogP contribution in [0.5, 0.6) is 0 Å². The molecular weight excluding hydrogens is 385 g/mol. The van der Waals surface area contributed by atoms with Gasteiger partial charge in [0.1, 0.15) is 0 Å². The lowest BCUT2D eigenvalue weighted by atomic mass is 9.90. The van der Waals surface area contributed by atoms with Gasteiger partial charge in [0.15, 0.2) is 0 Å². The van der Waals surface area contributed by atoms with Crippen molar-refractivity contribution in [2.24, 2.45) is 0 Å². The second kappa shape index (κ2) is 9.57. The summed E-state index contributed by atoms with van der Waals surface area (Å²) in [5, 5.41) is 4.20. The molecule has 0 spiro atoms. The van der Waals surface area contributed by atoms with Crippen molar-refractivity contribution in [2.75, 3.05) is 39.3 Å². The van der Waals surface area contributed by atoms with Crippen molar-refractivity contribution in [1.29, 1.82) is 0 Å². The number of morpholine rings is 1. The minimum Gasteiger partial charge on any atom is -0.374 e. The van der Waals surface area contributed by atoms with E-state index in [0.717, 1.165) is 44.0 Å². The van der Waals surface area contributed by atoms with Gasteiger partial charge in [-0.05, 0) is 30.5 Å². The third-order valence-electron chi connectivity index (χ3n) is 5.98. The van der Waals surface area contributed by atoms with Crippen LogP contribution in [0.25, 0.3) is 0 Å². The number of ether oxygens (including phenoxy) is 1. The van der Waals surface area contributed by atoms with Crippen LogP contribution in [0.4, 0.5) is 0 Å². The molecule has 1 saturated carbocycles. The summed E-state index contributed by atoms with van der Waals surface area (Å²) in [5.74, 6) is 0.249. The Kier molecular flexibility index (Phi) is 7.40. The fourth-order valence-electron chi connectivity index (χ4n) is 4.65. The van der Waals surface area contributed by atoms with Crippen molar-refractivity contribution >= 4 is 29.9 Å². The van der Waals surface area contributed by atoms with Gasteiger partial charge in [-0.15, -0.1) is 12.4 Å². The molecule has 1 amide bonds. The molecule has 1 N–H and O–H groups in total. The molecule has 7 heteroatoms. The lowest BCUT2D eigenvalue weighted by Gasteiger charge is -2.45. The van der Waals surface area contributed by atoms with Crippen LogP contribution in [0, 0.1) is 0 Å². The molecule has 2 aliphatic heterocycles. The number of nitrogens with zero attached hydrogens (tertiary/aromatic N) is 2. The average Bonchev–Trinajstić information content (AvgIpc) is 2.68. The SMILES string of the molecule is Cl.O=C(CN1CCNCC1c1cccc(Cl)c1)N1CCOC2CCCCC21. The minimum absolute atomic E-state index is 0. The van der Waals surface area contributed by atoms with E-state index >= 15 is 0 Å². The maximum absolute atomic E-state index is 13.1. The number of halogens is 2. The Bertz CT molecular complexity index is 643. The van der Waals surface area contributed by atoms with E-state index < -0.39 is 0 Å². The minimum atomic E-state index is 0. The molecule has 3 aliphatic rings. The summed E-state index contributed by atoms with van der Waals surface area (Å²) in [7, 11) is 0. The fraction of sp³-hybridized carbons (Fsp3) is 0.650. The summed E-state index contributed by atoms with van der Waals surface area (Å²) in [4.78, 5) is 17.6. The third-order valence-corrected chi connectivity index (χ3v) is 6.21. The lowest BCUT2D eigenvalue weighted by Crippen LogP contribution is -2.58. The molecule has 4 rings (SSSR count). The Hall–Kier alpha value is -0.850. The summed E-state index contributed by atoms with van der Waals surface area (Å²) in [6, 6.07) is 8.47. The van der Waals surface area contributed by atoms with E-state index in [-0.39, 0.29) is 36.5 Å². The molecular formula is C20H29Cl2N3O2. The summed E-state index contributed by atoms with van der Waals surface area (Å²) in [5.41, 5.74) is 1.18. The number of nitrogens with one attached hydrogen (secondary N) is 1. The molecule has 3 fully saturated rings. The Labute approximate surface area is 172 Å². The molecule has 5 nitrogen and oxygen atoms in total. The van der Waals surface area contributed by atoms with E-state index in [1.165, 1.54) is 18.4 Å². The first-order chi connectivity index (χ1) is 12.7. The van der Waals surface area contributed by atoms with Crippen LogP contribution in [0.1, 0.15) is 37.3 Å². The highest BCUT2D eigenvalue weighted by Gasteiger charge is 2.37. The zero-order valence-electron chi connectivity index (χ0n) is 15.6. The third kappa shape index (κ3) is 4.77. The van der Waals surface area contributed by atoms with Gasteiger partial charge in [0, 0.05) is 37.2 Å². The number of benzene rings is 1. The standard InChI is InChI=1S/C20H28ClN3O2.ClH/c21-16-5-3-4-15(12-16)18-13-22-8-9-23(18)14-20(25)24-10-11-26-19-7-2-1-6-17(19)24;/h3-5,12,17-19,22H,1-2,6-11,13-14H2;1H. The number of fused-ring (bicyclic) bond motifs is 1. The number of hydrogen-bond donors (Lipinski definition) is 1. The molecule has 0 radical (unpaired) electrons. The molecule has 3 atom stereocenters. The van der Waals surface area contributed by atoms with Crippen LogP contribution in [0.3, 0.4) is 0 Å². The largest absolute Gasteiger partial charge is 0.374 e. The number of hydrogen-bond acceptors (Lipinski definition) is 4. The van der Waals surface area contributed by atoms with Crippen LogP contribution in [0.15, 0.2) is 24.3 Å². The highest BCUT2D eigenvalue weighted by Crippen LogP contribution is 2.29. The number of rotatable bonds is 3. The molecule has 150 valence electrons. The first-order valence-electron chi connectivity index (χ1n) is 9.83. The molecule has 2 saturated heterocycles. The second-order valence-electron chi connectivity index (χ2n) is 7.59. The molecule has 2 heterocycles. The molecule has 1 aromatic carbocycles. The Balaban J connectivity index is 0.00000210. The van der Waals surface area contributed by atoms with E-state index in [1.54, 1.807) is 0 Å². The number of amides is 1. The topological polar surface area (TPSA) is 44.8 Å². The summed E-state index contributed by atoms with van der Waals surface area (Å²) < 4.78 is 5.92. The van der Waals surface area contributed by atoms with Gasteiger partial charge in [-0.25, -0.2) is 0 Å². The maximum atomic E-state index is 13.1. The van der Waals surface area contributed by atoms with E-state index in [0.29, 0.717) is 13.2 Å². The van der Waals surface area contributed by atoms with Gasteiger partial charge in [-0.2, -0.15) is 0 Å². The first kappa shape index (κ1) is 20.9. The lowest BCUT2D eigenvalue weighted by molar-refractivity contribution is -0.151. The van der Waals surface area contributed by atoms with Gasteiger partial charge in [-0.1, -0.05) is 36.6 Å². The molecule has 1 aliphatic carbocycles. The van der Waals surface area contributed by atoms with Crippen LogP contribution < -0.4 is 5.32 Å². The van der Waals surface area contributed by atoms with Crippen molar-refractivity contribution in [1.82, 2.24) is 15.1 Å². The molecule has 0 bridgehead atoms. The van der Waals surface area contributed by atoms with Crippen LogP contribution in [0.2, 0.25) is 5.02 Å². The second-order valence-corrected chi connectivity index (χ2v) is 8.03. The Morgan fingerprint density at radius 3 is 2.96 bits per heavy atom. The van der Waals surface area contributed by atoms with Crippen molar-refractivity contribution in [3.8, 4) is 0 Å². The van der Waals surface area contributed by atoms with Crippen molar-refractivity contribution in [3.63, 3.8) is 0 Å². The smallest absolute Gasteiger partial charge is 0.237 e. The fourth-order valence-corrected chi connectivity index (χ4v) is 4.85. The molecule has 0 aromatic heterocycles. The van der Waals surface area contributed by atoms with Crippen molar-refractivity contribution in [3.05, 3.63) is 34.9 Å². The predicted octanol–water partition coefficient (Wildman–Crippen LogP) is 2.88. The van der Waals surface area contributed by atoms with Gasteiger partial charge in [0.05, 0.1) is 25.3 Å². The number of piperazine rings is 1. The van der Waals surface area contributed by atoms with Crippen LogP contribution >= 0.6 is 24.0 Å². The normalized spacial score (nSPS) is 28.9. The highest BCUT2D eigenvalue weighted by atomic mass is 35.5. The summed E-state index contributed by atoms with van der Waals surface area (Å²) in [6.07, 6.45) is 4.83. The number of carbonyl (C=O) groups excluding carboxylic acids is 1. The maximum Gasteiger partial charge on any atom is 0.237 e. The zero-order valence-corrected chi connectivity index (χ0v) is 17.2. The molecule has 27 heavy (non-hydrogen) atoms. The van der Waals surface area contributed by atoms with Gasteiger partial charge >= 0.3 is 0 Å². The predicted molar refractivity (Wildman–Crippen MR) is 110 cm³/mol. The van der Waals surface area contributed by atoms with Crippen molar-refractivity contribution in [2.45, 2.75) is 43.9 Å². The van der Waals surface area contributed by atoms with Crippen LogP contribution in [-0.2, 0) is 9.53 Å². The molecule has 1 aromatic rings. The van der Waals surface area contributed by atoms with Crippen LogP contribution in [-0.4, -0.2) is 67.2 Å². The highest BCUT2D eigenvalue weighted by molar-refractivity contribution is 6.30. The van der Waals surface area contributed by atoms with E-state index in [1.807, 2.05) is 18.2 Å². The van der Waals surface area contributed by atoms with Crippen molar-refractivity contribution < 1.29 is 9.53 Å².